The number of nitrogens with one attached hydrogen (secondary N) is 2. The topological polar surface area (TPSA) is 75.7 Å². The molecule has 0 saturated carbocycles. The highest BCUT2D eigenvalue weighted by molar-refractivity contribution is 6.28. The molecule has 0 saturated heterocycles. The highest BCUT2D eigenvalue weighted by Crippen LogP contribution is 2.24. The van der Waals surface area contributed by atoms with Gasteiger partial charge in [-0.05, 0) is 35.9 Å². The predicted octanol–water partition coefficient (Wildman–Crippen LogP) is 2.76. The number of methoxy groups -OCH3 is 1. The zero-order valence-electron chi connectivity index (χ0n) is 10.0. The number of ether oxygens (including phenoxy) is 1. The lowest BCUT2D eigenvalue weighted by molar-refractivity contribution is 0.415. The molecule has 0 radical (unpaired) electrons. The van der Waals surface area contributed by atoms with Crippen molar-refractivity contribution in [3.05, 3.63) is 35.7 Å². The SMILES string of the molecule is COc1ccc(Nc2nc(Cl)nc3[nH]ncc23)cc1. The van der Waals surface area contributed by atoms with Crippen LogP contribution in [-0.4, -0.2) is 27.3 Å². The fourth-order valence-corrected chi connectivity index (χ4v) is 1.88. The van der Waals surface area contributed by atoms with Gasteiger partial charge in [-0.15, -0.1) is 0 Å². The summed E-state index contributed by atoms with van der Waals surface area (Å²) in [6.07, 6.45) is 1.65. The van der Waals surface area contributed by atoms with Gasteiger partial charge in [-0.3, -0.25) is 5.10 Å². The molecule has 7 heteroatoms. The van der Waals surface area contributed by atoms with E-state index in [4.69, 9.17) is 16.3 Å². The molecule has 0 bridgehead atoms. The lowest BCUT2D eigenvalue weighted by atomic mass is 10.3. The minimum absolute atomic E-state index is 0.160. The molecule has 0 unspecified atom stereocenters. The van der Waals surface area contributed by atoms with Crippen molar-refractivity contribution in [1.29, 1.82) is 0 Å². The predicted molar refractivity (Wildman–Crippen MR) is 73.0 cm³/mol. The van der Waals surface area contributed by atoms with E-state index in [0.29, 0.717) is 11.5 Å². The van der Waals surface area contributed by atoms with Gasteiger partial charge in [-0.25, -0.2) is 0 Å². The first kappa shape index (κ1) is 11.7. The maximum Gasteiger partial charge on any atom is 0.226 e. The van der Waals surface area contributed by atoms with Crippen LogP contribution in [0, 0.1) is 0 Å². The minimum atomic E-state index is 0.160. The summed E-state index contributed by atoms with van der Waals surface area (Å²) in [5.74, 6) is 1.40. The normalized spacial score (nSPS) is 10.6. The Kier molecular flexibility index (Phi) is 2.92. The average Bonchev–Trinajstić information content (AvgIpc) is 2.88. The monoisotopic (exact) mass is 275 g/mol. The van der Waals surface area contributed by atoms with Crippen molar-refractivity contribution >= 4 is 34.1 Å². The molecule has 0 spiro atoms. The Morgan fingerprint density at radius 3 is 2.74 bits per heavy atom. The number of hydrogen-bond acceptors (Lipinski definition) is 5. The van der Waals surface area contributed by atoms with Crippen molar-refractivity contribution in [2.24, 2.45) is 0 Å². The van der Waals surface area contributed by atoms with Gasteiger partial charge in [-0.2, -0.15) is 15.1 Å². The maximum absolute atomic E-state index is 5.86. The third-order valence-corrected chi connectivity index (χ3v) is 2.80. The Morgan fingerprint density at radius 2 is 2.00 bits per heavy atom. The van der Waals surface area contributed by atoms with Crippen molar-refractivity contribution in [2.75, 3.05) is 12.4 Å². The van der Waals surface area contributed by atoms with Crippen LogP contribution in [0.5, 0.6) is 5.75 Å². The molecule has 0 aliphatic carbocycles. The van der Waals surface area contributed by atoms with Gasteiger partial charge in [0.15, 0.2) is 5.65 Å². The summed E-state index contributed by atoms with van der Waals surface area (Å²) < 4.78 is 5.11. The number of H-pyrrole nitrogens is 1. The first-order valence-electron chi connectivity index (χ1n) is 5.54. The van der Waals surface area contributed by atoms with E-state index in [9.17, 15) is 0 Å². The van der Waals surface area contributed by atoms with Gasteiger partial charge in [0.05, 0.1) is 18.7 Å². The Labute approximate surface area is 113 Å². The number of halogens is 1. The van der Waals surface area contributed by atoms with Crippen molar-refractivity contribution in [2.45, 2.75) is 0 Å². The molecule has 0 atom stereocenters. The second-order valence-electron chi connectivity index (χ2n) is 3.83. The molecule has 2 heterocycles. The van der Waals surface area contributed by atoms with E-state index >= 15 is 0 Å². The van der Waals surface area contributed by atoms with Gasteiger partial charge in [0.1, 0.15) is 11.6 Å². The van der Waals surface area contributed by atoms with Crippen LogP contribution in [0.25, 0.3) is 11.0 Å². The van der Waals surface area contributed by atoms with Gasteiger partial charge in [0, 0.05) is 5.69 Å². The van der Waals surface area contributed by atoms with Gasteiger partial charge >= 0.3 is 0 Å². The van der Waals surface area contributed by atoms with Crippen molar-refractivity contribution in [3.8, 4) is 5.75 Å². The molecule has 0 aliphatic heterocycles. The fourth-order valence-electron chi connectivity index (χ4n) is 1.71. The van der Waals surface area contributed by atoms with E-state index in [1.807, 2.05) is 24.3 Å². The van der Waals surface area contributed by atoms with Crippen LogP contribution in [-0.2, 0) is 0 Å². The standard InChI is InChI=1S/C12H10ClN5O/c1-19-8-4-2-7(3-5-8)15-10-9-6-14-18-11(9)17-12(13)16-10/h2-6H,1H3,(H2,14,15,16,17,18). The smallest absolute Gasteiger partial charge is 0.226 e. The molecule has 2 aromatic heterocycles. The number of rotatable bonds is 3. The highest BCUT2D eigenvalue weighted by Gasteiger charge is 2.08. The van der Waals surface area contributed by atoms with E-state index < -0.39 is 0 Å². The summed E-state index contributed by atoms with van der Waals surface area (Å²) in [4.78, 5) is 8.20. The molecule has 96 valence electrons. The minimum Gasteiger partial charge on any atom is -0.497 e. The zero-order valence-corrected chi connectivity index (χ0v) is 10.8. The lowest BCUT2D eigenvalue weighted by Gasteiger charge is -2.07. The van der Waals surface area contributed by atoms with Crippen LogP contribution >= 0.6 is 11.6 Å². The fraction of sp³-hybridized carbons (Fsp3) is 0.0833. The summed E-state index contributed by atoms with van der Waals surface area (Å²) in [6.45, 7) is 0. The molecule has 0 amide bonds. The number of hydrogen-bond donors (Lipinski definition) is 2. The Morgan fingerprint density at radius 1 is 1.21 bits per heavy atom. The molecule has 6 nitrogen and oxygen atoms in total. The summed E-state index contributed by atoms with van der Waals surface area (Å²) in [6, 6.07) is 7.50. The van der Waals surface area contributed by atoms with Crippen molar-refractivity contribution < 1.29 is 4.74 Å². The van der Waals surface area contributed by atoms with Crippen LogP contribution in [0.3, 0.4) is 0 Å². The third-order valence-electron chi connectivity index (χ3n) is 2.64. The van der Waals surface area contributed by atoms with Crippen LogP contribution in [0.4, 0.5) is 11.5 Å². The largest absolute Gasteiger partial charge is 0.497 e. The van der Waals surface area contributed by atoms with Crippen LogP contribution < -0.4 is 10.1 Å². The number of nitrogens with zero attached hydrogens (tertiary/aromatic N) is 3. The van der Waals surface area contributed by atoms with E-state index in [1.54, 1.807) is 13.3 Å². The number of benzene rings is 1. The molecule has 2 N–H and O–H groups in total. The van der Waals surface area contributed by atoms with E-state index in [0.717, 1.165) is 16.8 Å². The quantitative estimate of drug-likeness (QED) is 0.719. The molecular formula is C12H10ClN5O. The Hall–Kier alpha value is -2.34. The first-order valence-corrected chi connectivity index (χ1v) is 5.92. The highest BCUT2D eigenvalue weighted by atomic mass is 35.5. The molecule has 0 fully saturated rings. The summed E-state index contributed by atoms with van der Waals surface area (Å²) in [5.41, 5.74) is 1.47. The van der Waals surface area contributed by atoms with Gasteiger partial charge in [0.2, 0.25) is 5.28 Å². The first-order chi connectivity index (χ1) is 9.26. The van der Waals surface area contributed by atoms with Gasteiger partial charge < -0.3 is 10.1 Å². The van der Waals surface area contributed by atoms with E-state index in [2.05, 4.69) is 25.5 Å². The van der Waals surface area contributed by atoms with Crippen LogP contribution in [0.15, 0.2) is 30.5 Å². The maximum atomic E-state index is 5.86. The van der Waals surface area contributed by atoms with E-state index in [1.165, 1.54) is 0 Å². The van der Waals surface area contributed by atoms with Crippen molar-refractivity contribution in [1.82, 2.24) is 20.2 Å². The number of aromatic nitrogens is 4. The molecule has 0 aliphatic rings. The summed E-state index contributed by atoms with van der Waals surface area (Å²) in [7, 11) is 1.63. The number of aromatic amines is 1. The lowest BCUT2D eigenvalue weighted by Crippen LogP contribution is -1.96. The molecule has 19 heavy (non-hydrogen) atoms. The van der Waals surface area contributed by atoms with Crippen LogP contribution in [0.1, 0.15) is 0 Å². The van der Waals surface area contributed by atoms with E-state index in [-0.39, 0.29) is 5.28 Å². The molecule has 3 aromatic rings. The second-order valence-corrected chi connectivity index (χ2v) is 4.17. The summed E-state index contributed by atoms with van der Waals surface area (Å²) >= 11 is 5.86. The Balaban J connectivity index is 1.97. The number of anilines is 2. The molecule has 1 aromatic carbocycles. The van der Waals surface area contributed by atoms with Gasteiger partial charge in [0.25, 0.3) is 0 Å². The molecular weight excluding hydrogens is 266 g/mol. The Bertz CT molecular complexity index is 710. The summed E-state index contributed by atoms with van der Waals surface area (Å²) in [5, 5.41) is 10.8. The third kappa shape index (κ3) is 2.30. The zero-order chi connectivity index (χ0) is 13.2. The second kappa shape index (κ2) is 4.74. The number of fused-ring (bicyclic) bond motifs is 1. The molecule has 3 rings (SSSR count). The van der Waals surface area contributed by atoms with Crippen molar-refractivity contribution in [3.63, 3.8) is 0 Å². The average molecular weight is 276 g/mol. The van der Waals surface area contributed by atoms with Gasteiger partial charge in [-0.1, -0.05) is 0 Å². The van der Waals surface area contributed by atoms with Crippen LogP contribution in [0.2, 0.25) is 5.28 Å².